The van der Waals surface area contributed by atoms with Crippen LogP contribution in [-0.4, -0.2) is 11.7 Å². The molecule has 0 fully saturated rings. The lowest BCUT2D eigenvalue weighted by molar-refractivity contribution is 0.467. The molecule has 0 amide bonds. The number of nitrogens with one attached hydrogen (secondary N) is 1. The van der Waals surface area contributed by atoms with Crippen LogP contribution in [-0.2, 0) is 0 Å². The van der Waals surface area contributed by atoms with E-state index in [1.165, 1.54) is 0 Å². The van der Waals surface area contributed by atoms with Crippen molar-refractivity contribution in [3.05, 3.63) is 23.3 Å². The number of hydrogen-bond donors (Lipinski definition) is 2. The Hall–Kier alpha value is -1.18. The summed E-state index contributed by atoms with van der Waals surface area (Å²) in [4.78, 5) is 0. The fourth-order valence-corrected chi connectivity index (χ4v) is 1.34. The number of aryl methyl sites for hydroxylation is 1. The average Bonchev–Trinajstić information content (AvgIpc) is 2.13. The van der Waals surface area contributed by atoms with Gasteiger partial charge in [0, 0.05) is 17.8 Å². The van der Waals surface area contributed by atoms with Crippen molar-refractivity contribution in [2.45, 2.75) is 27.7 Å². The monoisotopic (exact) mass is 193 g/mol. The Balaban J connectivity index is 2.83. The van der Waals surface area contributed by atoms with E-state index in [9.17, 15) is 5.11 Å². The fourth-order valence-electron chi connectivity index (χ4n) is 1.34. The van der Waals surface area contributed by atoms with Gasteiger partial charge in [0.2, 0.25) is 0 Å². The van der Waals surface area contributed by atoms with Crippen LogP contribution in [0.5, 0.6) is 5.75 Å². The van der Waals surface area contributed by atoms with E-state index in [2.05, 4.69) is 19.2 Å². The van der Waals surface area contributed by atoms with Gasteiger partial charge < -0.3 is 10.4 Å². The van der Waals surface area contributed by atoms with Crippen LogP contribution in [0.1, 0.15) is 25.0 Å². The van der Waals surface area contributed by atoms with E-state index in [0.29, 0.717) is 11.7 Å². The van der Waals surface area contributed by atoms with Gasteiger partial charge in [0.25, 0.3) is 0 Å². The molecule has 0 atom stereocenters. The van der Waals surface area contributed by atoms with Gasteiger partial charge >= 0.3 is 0 Å². The molecule has 0 aliphatic heterocycles. The lowest BCUT2D eigenvalue weighted by atomic mass is 10.1. The molecule has 0 saturated heterocycles. The number of rotatable bonds is 3. The summed E-state index contributed by atoms with van der Waals surface area (Å²) in [5, 5.41) is 13.0. The normalized spacial score (nSPS) is 10.6. The van der Waals surface area contributed by atoms with Gasteiger partial charge in [0.1, 0.15) is 5.75 Å². The fraction of sp³-hybridized carbons (Fsp3) is 0.500. The van der Waals surface area contributed by atoms with Crippen molar-refractivity contribution in [2.24, 2.45) is 5.92 Å². The van der Waals surface area contributed by atoms with Crippen LogP contribution in [0.3, 0.4) is 0 Å². The molecule has 1 rings (SSSR count). The zero-order chi connectivity index (χ0) is 10.7. The predicted molar refractivity (Wildman–Crippen MR) is 60.9 cm³/mol. The molecule has 2 heteroatoms. The number of phenolic OH excluding ortho intramolecular Hbond substituents is 1. The van der Waals surface area contributed by atoms with Gasteiger partial charge in [0.15, 0.2) is 0 Å². The highest BCUT2D eigenvalue weighted by Gasteiger charge is 2.05. The molecule has 0 heterocycles. The summed E-state index contributed by atoms with van der Waals surface area (Å²) < 4.78 is 0. The van der Waals surface area contributed by atoms with Crippen LogP contribution in [0, 0.1) is 19.8 Å². The summed E-state index contributed by atoms with van der Waals surface area (Å²) in [6.45, 7) is 9.11. The van der Waals surface area contributed by atoms with Crippen molar-refractivity contribution in [1.82, 2.24) is 0 Å². The molecule has 0 aliphatic carbocycles. The third kappa shape index (κ3) is 2.41. The number of benzene rings is 1. The molecular formula is C12H19NO. The van der Waals surface area contributed by atoms with Crippen molar-refractivity contribution in [3.63, 3.8) is 0 Å². The Kier molecular flexibility index (Phi) is 3.39. The first-order valence-corrected chi connectivity index (χ1v) is 5.05. The second kappa shape index (κ2) is 4.36. The van der Waals surface area contributed by atoms with Gasteiger partial charge in [-0.2, -0.15) is 0 Å². The summed E-state index contributed by atoms with van der Waals surface area (Å²) >= 11 is 0. The zero-order valence-electron chi connectivity index (χ0n) is 9.39. The van der Waals surface area contributed by atoms with E-state index in [1.54, 1.807) is 0 Å². The van der Waals surface area contributed by atoms with Crippen molar-refractivity contribution in [3.8, 4) is 5.75 Å². The average molecular weight is 193 g/mol. The van der Waals surface area contributed by atoms with Gasteiger partial charge in [-0.1, -0.05) is 19.9 Å². The number of phenols is 1. The topological polar surface area (TPSA) is 32.3 Å². The zero-order valence-corrected chi connectivity index (χ0v) is 9.39. The molecular weight excluding hydrogens is 174 g/mol. The molecule has 14 heavy (non-hydrogen) atoms. The Labute approximate surface area is 86.0 Å². The minimum Gasteiger partial charge on any atom is -0.507 e. The number of anilines is 1. The molecule has 78 valence electrons. The van der Waals surface area contributed by atoms with E-state index >= 15 is 0 Å². The SMILES string of the molecule is Cc1ccc(NCC(C)C)c(C)c1O. The first kappa shape index (κ1) is 10.9. The second-order valence-corrected chi connectivity index (χ2v) is 4.18. The van der Waals surface area contributed by atoms with Gasteiger partial charge in [-0.25, -0.2) is 0 Å². The largest absolute Gasteiger partial charge is 0.507 e. The lowest BCUT2D eigenvalue weighted by Gasteiger charge is -2.13. The molecule has 0 spiro atoms. The molecule has 0 radical (unpaired) electrons. The van der Waals surface area contributed by atoms with Crippen LogP contribution in [0.15, 0.2) is 12.1 Å². The summed E-state index contributed by atoms with van der Waals surface area (Å²) in [5.41, 5.74) is 2.89. The maximum atomic E-state index is 9.71. The van der Waals surface area contributed by atoms with Crippen LogP contribution < -0.4 is 5.32 Å². The van der Waals surface area contributed by atoms with E-state index in [0.717, 1.165) is 23.4 Å². The maximum Gasteiger partial charge on any atom is 0.123 e. The minimum atomic E-state index is 0.402. The molecule has 0 bridgehead atoms. The molecule has 1 aromatic rings. The molecule has 2 nitrogen and oxygen atoms in total. The maximum absolute atomic E-state index is 9.71. The summed E-state index contributed by atoms with van der Waals surface area (Å²) in [6, 6.07) is 3.96. The van der Waals surface area contributed by atoms with Crippen molar-refractivity contribution < 1.29 is 5.11 Å². The Morgan fingerprint density at radius 1 is 1.29 bits per heavy atom. The third-order valence-corrected chi connectivity index (χ3v) is 2.33. The minimum absolute atomic E-state index is 0.402. The molecule has 0 aliphatic rings. The smallest absolute Gasteiger partial charge is 0.123 e. The van der Waals surface area contributed by atoms with Crippen LogP contribution in [0.2, 0.25) is 0 Å². The number of aromatic hydroxyl groups is 1. The van der Waals surface area contributed by atoms with Crippen molar-refractivity contribution >= 4 is 5.69 Å². The van der Waals surface area contributed by atoms with Gasteiger partial charge in [-0.3, -0.25) is 0 Å². The van der Waals surface area contributed by atoms with Crippen LogP contribution in [0.4, 0.5) is 5.69 Å². The highest BCUT2D eigenvalue weighted by molar-refractivity contribution is 5.58. The summed E-state index contributed by atoms with van der Waals surface area (Å²) in [6.07, 6.45) is 0. The Morgan fingerprint density at radius 3 is 2.50 bits per heavy atom. The Morgan fingerprint density at radius 2 is 1.93 bits per heavy atom. The van der Waals surface area contributed by atoms with E-state index < -0.39 is 0 Å². The van der Waals surface area contributed by atoms with Gasteiger partial charge in [0.05, 0.1) is 0 Å². The van der Waals surface area contributed by atoms with Gasteiger partial charge in [-0.05, 0) is 31.4 Å². The molecule has 0 aromatic heterocycles. The van der Waals surface area contributed by atoms with Crippen LogP contribution >= 0.6 is 0 Å². The molecule has 0 unspecified atom stereocenters. The second-order valence-electron chi connectivity index (χ2n) is 4.18. The van der Waals surface area contributed by atoms with Crippen molar-refractivity contribution in [1.29, 1.82) is 0 Å². The molecule has 2 N–H and O–H groups in total. The first-order chi connectivity index (χ1) is 6.52. The molecule has 1 aromatic carbocycles. The first-order valence-electron chi connectivity index (χ1n) is 5.05. The van der Waals surface area contributed by atoms with Crippen molar-refractivity contribution in [2.75, 3.05) is 11.9 Å². The van der Waals surface area contributed by atoms with Crippen LogP contribution in [0.25, 0.3) is 0 Å². The summed E-state index contributed by atoms with van der Waals surface area (Å²) in [7, 11) is 0. The Bertz CT molecular complexity index is 318. The van der Waals surface area contributed by atoms with Gasteiger partial charge in [-0.15, -0.1) is 0 Å². The van der Waals surface area contributed by atoms with E-state index in [4.69, 9.17) is 0 Å². The lowest BCUT2D eigenvalue weighted by Crippen LogP contribution is -2.08. The highest BCUT2D eigenvalue weighted by Crippen LogP contribution is 2.27. The third-order valence-electron chi connectivity index (χ3n) is 2.33. The van der Waals surface area contributed by atoms with E-state index in [1.807, 2.05) is 26.0 Å². The standard InChI is InChI=1S/C12H19NO/c1-8(2)7-13-11-6-5-9(3)12(14)10(11)4/h5-6,8,13-14H,7H2,1-4H3. The predicted octanol–water partition coefficient (Wildman–Crippen LogP) is 3.08. The summed E-state index contributed by atoms with van der Waals surface area (Å²) in [5.74, 6) is 1.01. The highest BCUT2D eigenvalue weighted by atomic mass is 16.3. The van der Waals surface area contributed by atoms with E-state index in [-0.39, 0.29) is 0 Å². The molecule has 0 saturated carbocycles. The number of hydrogen-bond acceptors (Lipinski definition) is 2. The quantitative estimate of drug-likeness (QED) is 0.773.